The van der Waals surface area contributed by atoms with Crippen molar-refractivity contribution >= 4 is 33.2 Å². The summed E-state index contributed by atoms with van der Waals surface area (Å²) in [7, 11) is 0. The first kappa shape index (κ1) is 13.4. The highest BCUT2D eigenvalue weighted by Crippen LogP contribution is 2.23. The van der Waals surface area contributed by atoms with Crippen LogP contribution in [0.1, 0.15) is 15.9 Å². The Morgan fingerprint density at radius 2 is 2.00 bits per heavy atom. The van der Waals surface area contributed by atoms with Gasteiger partial charge in [-0.15, -0.1) is 0 Å². The van der Waals surface area contributed by atoms with E-state index < -0.39 is 0 Å². The summed E-state index contributed by atoms with van der Waals surface area (Å²) in [4.78, 5) is 12.1. The molecule has 0 fully saturated rings. The lowest BCUT2D eigenvalue weighted by molar-refractivity contribution is 0.102. The van der Waals surface area contributed by atoms with Gasteiger partial charge in [-0.2, -0.15) is 0 Å². The molecule has 0 aromatic heterocycles. The Labute approximate surface area is 119 Å². The molecule has 0 aliphatic heterocycles. The molecule has 2 aromatic carbocycles. The lowest BCUT2D eigenvalue weighted by atomic mass is 10.1. The number of anilines is 2. The Morgan fingerprint density at radius 3 is 2.63 bits per heavy atom. The van der Waals surface area contributed by atoms with Crippen molar-refractivity contribution in [2.24, 2.45) is 0 Å². The highest BCUT2D eigenvalue weighted by Gasteiger charge is 2.10. The van der Waals surface area contributed by atoms with E-state index in [0.717, 1.165) is 10.0 Å². The number of hydrogen-bond acceptors (Lipinski definition) is 3. The van der Waals surface area contributed by atoms with Crippen molar-refractivity contribution in [2.75, 3.05) is 11.1 Å². The van der Waals surface area contributed by atoms with Crippen molar-refractivity contribution in [3.8, 4) is 5.75 Å². The van der Waals surface area contributed by atoms with E-state index in [-0.39, 0.29) is 11.7 Å². The van der Waals surface area contributed by atoms with Gasteiger partial charge in [0.05, 0.1) is 5.56 Å². The van der Waals surface area contributed by atoms with E-state index in [1.54, 1.807) is 37.3 Å². The van der Waals surface area contributed by atoms with Gasteiger partial charge in [0.2, 0.25) is 0 Å². The fraction of sp³-hybridized carbons (Fsp3) is 0.0714. The maximum Gasteiger partial charge on any atom is 0.257 e. The fourth-order valence-corrected chi connectivity index (χ4v) is 2.00. The molecule has 1 amide bonds. The number of aryl methyl sites for hydroxylation is 1. The summed E-state index contributed by atoms with van der Waals surface area (Å²) in [5.41, 5.74) is 7.85. The Kier molecular flexibility index (Phi) is 3.76. The van der Waals surface area contributed by atoms with Crippen molar-refractivity contribution in [1.82, 2.24) is 0 Å². The molecule has 0 radical (unpaired) electrons. The summed E-state index contributed by atoms with van der Waals surface area (Å²) >= 11 is 3.28. The molecule has 0 spiro atoms. The predicted octanol–water partition coefficient (Wildman–Crippen LogP) is 3.30. The Morgan fingerprint density at radius 1 is 1.26 bits per heavy atom. The van der Waals surface area contributed by atoms with Gasteiger partial charge in [0, 0.05) is 21.9 Å². The lowest BCUT2D eigenvalue weighted by Crippen LogP contribution is -2.13. The van der Waals surface area contributed by atoms with Crippen LogP contribution < -0.4 is 11.1 Å². The molecule has 4 N–H and O–H groups in total. The highest BCUT2D eigenvalue weighted by atomic mass is 79.9. The molecule has 98 valence electrons. The molecule has 0 saturated heterocycles. The zero-order valence-corrected chi connectivity index (χ0v) is 11.9. The van der Waals surface area contributed by atoms with E-state index in [1.807, 2.05) is 0 Å². The number of rotatable bonds is 2. The molecule has 2 aromatic rings. The van der Waals surface area contributed by atoms with Gasteiger partial charge in [0.25, 0.3) is 5.91 Å². The number of aromatic hydroxyl groups is 1. The largest absolute Gasteiger partial charge is 0.508 e. The van der Waals surface area contributed by atoms with Gasteiger partial charge in [0.1, 0.15) is 5.75 Å². The third-order valence-corrected chi connectivity index (χ3v) is 3.22. The molecule has 4 nitrogen and oxygen atoms in total. The van der Waals surface area contributed by atoms with E-state index in [2.05, 4.69) is 21.2 Å². The minimum atomic E-state index is -0.312. The van der Waals surface area contributed by atoms with E-state index in [9.17, 15) is 9.90 Å². The van der Waals surface area contributed by atoms with E-state index in [4.69, 9.17) is 5.73 Å². The van der Waals surface area contributed by atoms with Crippen LogP contribution in [0.25, 0.3) is 0 Å². The minimum absolute atomic E-state index is 0.140. The normalized spacial score (nSPS) is 10.2. The Hall–Kier alpha value is -2.01. The molecule has 0 unspecified atom stereocenters. The highest BCUT2D eigenvalue weighted by molar-refractivity contribution is 9.10. The third-order valence-electron chi connectivity index (χ3n) is 2.73. The lowest BCUT2D eigenvalue weighted by Gasteiger charge is -2.09. The van der Waals surface area contributed by atoms with Crippen LogP contribution in [-0.2, 0) is 0 Å². The van der Waals surface area contributed by atoms with E-state index >= 15 is 0 Å². The van der Waals surface area contributed by atoms with Crippen LogP contribution in [0.5, 0.6) is 5.75 Å². The standard InChI is InChI=1S/C14H13BrN2O2/c1-8-2-4-10(7-13(8)18)17-14(19)11-5-3-9(15)6-12(11)16/h2-7,18H,16H2,1H3,(H,17,19). The first-order chi connectivity index (χ1) is 8.97. The smallest absolute Gasteiger partial charge is 0.257 e. The number of nitrogens with one attached hydrogen (secondary N) is 1. The molecule has 0 saturated carbocycles. The first-order valence-corrected chi connectivity index (χ1v) is 6.42. The molecule has 0 aliphatic carbocycles. The van der Waals surface area contributed by atoms with Crippen LogP contribution in [-0.4, -0.2) is 11.0 Å². The maximum absolute atomic E-state index is 12.1. The fourth-order valence-electron chi connectivity index (χ4n) is 1.63. The monoisotopic (exact) mass is 320 g/mol. The second-order valence-corrected chi connectivity index (χ2v) is 5.10. The number of benzene rings is 2. The van der Waals surface area contributed by atoms with Crippen molar-refractivity contribution in [1.29, 1.82) is 0 Å². The van der Waals surface area contributed by atoms with Crippen LogP contribution in [0.15, 0.2) is 40.9 Å². The number of nitrogens with two attached hydrogens (primary N) is 1. The number of hydrogen-bond donors (Lipinski definition) is 3. The van der Waals surface area contributed by atoms with Gasteiger partial charge in [-0.1, -0.05) is 22.0 Å². The summed E-state index contributed by atoms with van der Waals surface area (Å²) in [6.07, 6.45) is 0. The van der Waals surface area contributed by atoms with E-state index in [0.29, 0.717) is 16.9 Å². The molecular weight excluding hydrogens is 308 g/mol. The average Bonchev–Trinajstić information content (AvgIpc) is 2.33. The number of carbonyl (C=O) groups excluding carboxylic acids is 1. The number of amides is 1. The zero-order valence-electron chi connectivity index (χ0n) is 10.3. The molecule has 5 heteroatoms. The topological polar surface area (TPSA) is 75.4 Å². The molecule has 0 heterocycles. The van der Waals surface area contributed by atoms with Gasteiger partial charge in [-0.25, -0.2) is 0 Å². The van der Waals surface area contributed by atoms with Gasteiger partial charge < -0.3 is 16.2 Å². The molecule has 0 atom stereocenters. The van der Waals surface area contributed by atoms with Crippen molar-refractivity contribution in [2.45, 2.75) is 6.92 Å². The Balaban J connectivity index is 2.23. The number of halogens is 1. The molecule has 19 heavy (non-hydrogen) atoms. The van der Waals surface area contributed by atoms with Gasteiger partial charge in [0.15, 0.2) is 0 Å². The minimum Gasteiger partial charge on any atom is -0.508 e. The summed E-state index contributed by atoms with van der Waals surface area (Å²) < 4.78 is 0.814. The van der Waals surface area contributed by atoms with Crippen LogP contribution in [0.4, 0.5) is 11.4 Å². The van der Waals surface area contributed by atoms with Crippen LogP contribution in [0.3, 0.4) is 0 Å². The maximum atomic E-state index is 12.1. The van der Waals surface area contributed by atoms with Crippen LogP contribution in [0, 0.1) is 6.92 Å². The van der Waals surface area contributed by atoms with Gasteiger partial charge >= 0.3 is 0 Å². The van der Waals surface area contributed by atoms with Gasteiger partial charge in [-0.3, -0.25) is 4.79 Å². The predicted molar refractivity (Wildman–Crippen MR) is 79.4 cm³/mol. The number of phenolic OH excluding ortho intramolecular Hbond substituents is 1. The number of nitrogen functional groups attached to an aromatic ring is 1. The van der Waals surface area contributed by atoms with Crippen LogP contribution >= 0.6 is 15.9 Å². The zero-order chi connectivity index (χ0) is 14.0. The second-order valence-electron chi connectivity index (χ2n) is 4.19. The third kappa shape index (κ3) is 3.06. The quantitative estimate of drug-likeness (QED) is 0.743. The molecule has 0 bridgehead atoms. The average molecular weight is 321 g/mol. The molecule has 2 rings (SSSR count). The van der Waals surface area contributed by atoms with Crippen LogP contribution in [0.2, 0.25) is 0 Å². The molecule has 0 aliphatic rings. The SMILES string of the molecule is Cc1ccc(NC(=O)c2ccc(Br)cc2N)cc1O. The number of phenols is 1. The first-order valence-electron chi connectivity index (χ1n) is 5.63. The second kappa shape index (κ2) is 5.32. The van der Waals surface area contributed by atoms with Gasteiger partial charge in [-0.05, 0) is 36.8 Å². The van der Waals surface area contributed by atoms with Crippen molar-refractivity contribution in [3.63, 3.8) is 0 Å². The summed E-state index contributed by atoms with van der Waals surface area (Å²) in [6.45, 7) is 1.79. The van der Waals surface area contributed by atoms with Crippen molar-refractivity contribution in [3.05, 3.63) is 52.0 Å². The summed E-state index contributed by atoms with van der Waals surface area (Å²) in [6, 6.07) is 10.0. The summed E-state index contributed by atoms with van der Waals surface area (Å²) in [5, 5.41) is 12.3. The van der Waals surface area contributed by atoms with E-state index in [1.165, 1.54) is 6.07 Å². The molecular formula is C14H13BrN2O2. The number of carbonyl (C=O) groups is 1. The summed E-state index contributed by atoms with van der Waals surface area (Å²) in [5.74, 6) is -0.171. The van der Waals surface area contributed by atoms with Crippen molar-refractivity contribution < 1.29 is 9.90 Å². The Bertz CT molecular complexity index is 641.